The molecule has 1 aromatic rings. The van der Waals surface area contributed by atoms with Crippen molar-refractivity contribution in [2.45, 2.75) is 26.1 Å². The van der Waals surface area contributed by atoms with Crippen molar-refractivity contribution >= 4 is 5.91 Å². The van der Waals surface area contributed by atoms with E-state index >= 15 is 0 Å². The maximum atomic E-state index is 11.8. The fourth-order valence-electron chi connectivity index (χ4n) is 1.20. The van der Waals surface area contributed by atoms with Crippen LogP contribution in [0.25, 0.3) is 0 Å². The second kappa shape index (κ2) is 6.42. The SMILES string of the molecule is CC(C)Oc1ccc(C(=O)NOCC(F)(F)F)cc1. The van der Waals surface area contributed by atoms with Crippen molar-refractivity contribution in [2.24, 2.45) is 0 Å². The summed E-state index contributed by atoms with van der Waals surface area (Å²) in [6.07, 6.45) is -4.49. The Hall–Kier alpha value is -1.76. The number of hydrogen-bond donors (Lipinski definition) is 1. The second-order valence-corrected chi connectivity index (χ2v) is 4.03. The minimum Gasteiger partial charge on any atom is -0.491 e. The van der Waals surface area contributed by atoms with Crippen LogP contribution in [0.4, 0.5) is 13.2 Å². The van der Waals surface area contributed by atoms with Crippen molar-refractivity contribution in [1.29, 1.82) is 0 Å². The van der Waals surface area contributed by atoms with Gasteiger partial charge in [-0.15, -0.1) is 0 Å². The number of hydroxylamine groups is 1. The highest BCUT2D eigenvalue weighted by Gasteiger charge is 2.28. The lowest BCUT2D eigenvalue weighted by molar-refractivity contribution is -0.184. The molecule has 19 heavy (non-hydrogen) atoms. The molecule has 0 aliphatic carbocycles. The normalized spacial score (nSPS) is 11.5. The van der Waals surface area contributed by atoms with Gasteiger partial charge in [-0.25, -0.2) is 5.48 Å². The van der Waals surface area contributed by atoms with Gasteiger partial charge in [0, 0.05) is 5.56 Å². The van der Waals surface area contributed by atoms with E-state index in [9.17, 15) is 18.0 Å². The third-order valence-corrected chi connectivity index (χ3v) is 1.89. The molecule has 0 fully saturated rings. The molecule has 7 heteroatoms. The van der Waals surface area contributed by atoms with Gasteiger partial charge in [0.15, 0.2) is 6.61 Å². The summed E-state index contributed by atoms with van der Waals surface area (Å²) in [5.41, 5.74) is 1.89. The molecule has 106 valence electrons. The fourth-order valence-corrected chi connectivity index (χ4v) is 1.20. The molecular formula is C12H14F3NO3. The van der Waals surface area contributed by atoms with E-state index < -0.39 is 18.7 Å². The molecule has 4 nitrogen and oxygen atoms in total. The van der Waals surface area contributed by atoms with E-state index in [0.717, 1.165) is 0 Å². The number of benzene rings is 1. The van der Waals surface area contributed by atoms with Crippen LogP contribution in [-0.2, 0) is 4.84 Å². The molecule has 0 unspecified atom stereocenters. The smallest absolute Gasteiger partial charge is 0.414 e. The van der Waals surface area contributed by atoms with Crippen LogP contribution in [0.3, 0.4) is 0 Å². The quantitative estimate of drug-likeness (QED) is 0.842. The molecule has 0 atom stereocenters. The zero-order valence-electron chi connectivity index (χ0n) is 10.5. The number of halogens is 3. The predicted molar refractivity (Wildman–Crippen MR) is 61.7 cm³/mol. The van der Waals surface area contributed by atoms with Gasteiger partial charge >= 0.3 is 6.18 Å². The largest absolute Gasteiger partial charge is 0.491 e. The lowest BCUT2D eigenvalue weighted by Gasteiger charge is -2.10. The Morgan fingerprint density at radius 2 is 1.84 bits per heavy atom. The number of alkyl halides is 3. The second-order valence-electron chi connectivity index (χ2n) is 4.03. The van der Waals surface area contributed by atoms with E-state index in [0.29, 0.717) is 5.75 Å². The van der Waals surface area contributed by atoms with Gasteiger partial charge in [-0.3, -0.25) is 9.63 Å². The third kappa shape index (κ3) is 6.10. The minimum absolute atomic E-state index is 0.00482. The van der Waals surface area contributed by atoms with Crippen molar-refractivity contribution in [1.82, 2.24) is 5.48 Å². The Balaban J connectivity index is 2.49. The highest BCUT2D eigenvalue weighted by atomic mass is 19.4. The molecule has 1 aromatic carbocycles. The summed E-state index contributed by atoms with van der Waals surface area (Å²) in [6, 6.07) is 5.98. The highest BCUT2D eigenvalue weighted by Crippen LogP contribution is 2.15. The van der Waals surface area contributed by atoms with Gasteiger partial charge in [0.05, 0.1) is 6.10 Å². The van der Waals surface area contributed by atoms with Crippen LogP contribution < -0.4 is 10.2 Å². The first kappa shape index (κ1) is 15.3. The van der Waals surface area contributed by atoms with Crippen molar-refractivity contribution in [3.8, 4) is 5.75 Å². The first-order chi connectivity index (χ1) is 8.78. The van der Waals surface area contributed by atoms with Crippen LogP contribution in [0.15, 0.2) is 24.3 Å². The summed E-state index contributed by atoms with van der Waals surface area (Å²) in [5, 5.41) is 0. The zero-order chi connectivity index (χ0) is 14.5. The predicted octanol–water partition coefficient (Wildman–Crippen LogP) is 2.70. The lowest BCUT2D eigenvalue weighted by Crippen LogP contribution is -2.29. The maximum absolute atomic E-state index is 11.8. The van der Waals surface area contributed by atoms with Gasteiger partial charge < -0.3 is 4.74 Å². The van der Waals surface area contributed by atoms with Crippen molar-refractivity contribution in [2.75, 3.05) is 6.61 Å². The number of amides is 1. The number of hydrogen-bond acceptors (Lipinski definition) is 3. The summed E-state index contributed by atoms with van der Waals surface area (Å²) in [4.78, 5) is 15.5. The van der Waals surface area contributed by atoms with Gasteiger partial charge in [-0.1, -0.05) is 0 Å². The van der Waals surface area contributed by atoms with E-state index in [1.54, 1.807) is 17.6 Å². The van der Waals surface area contributed by atoms with E-state index in [1.165, 1.54) is 12.1 Å². The molecule has 0 aliphatic heterocycles. The van der Waals surface area contributed by atoms with Crippen LogP contribution >= 0.6 is 0 Å². The molecule has 1 N–H and O–H groups in total. The zero-order valence-corrected chi connectivity index (χ0v) is 10.5. The molecule has 0 saturated carbocycles. The van der Waals surface area contributed by atoms with E-state index in [4.69, 9.17) is 4.74 Å². The van der Waals surface area contributed by atoms with Crippen LogP contribution in [0.1, 0.15) is 24.2 Å². The summed E-state index contributed by atoms with van der Waals surface area (Å²) in [7, 11) is 0. The molecule has 0 aromatic heterocycles. The number of carbonyl (C=O) groups is 1. The third-order valence-electron chi connectivity index (χ3n) is 1.89. The average molecular weight is 277 g/mol. The van der Waals surface area contributed by atoms with Gasteiger partial charge in [0.25, 0.3) is 5.91 Å². The monoisotopic (exact) mass is 277 g/mol. The Kier molecular flexibility index (Phi) is 5.17. The summed E-state index contributed by atoms with van der Waals surface area (Å²) in [6.45, 7) is 2.17. The van der Waals surface area contributed by atoms with Gasteiger partial charge in [0.1, 0.15) is 5.75 Å². The molecule has 0 spiro atoms. The topological polar surface area (TPSA) is 47.6 Å². The Morgan fingerprint density at radius 1 is 1.26 bits per heavy atom. The van der Waals surface area contributed by atoms with Crippen LogP contribution in [-0.4, -0.2) is 24.8 Å². The fraction of sp³-hybridized carbons (Fsp3) is 0.417. The van der Waals surface area contributed by atoms with Crippen molar-refractivity contribution in [3.63, 3.8) is 0 Å². The van der Waals surface area contributed by atoms with Crippen LogP contribution in [0.2, 0.25) is 0 Å². The summed E-state index contributed by atoms with van der Waals surface area (Å²) >= 11 is 0. The van der Waals surface area contributed by atoms with Crippen LogP contribution in [0.5, 0.6) is 5.75 Å². The molecule has 0 bridgehead atoms. The van der Waals surface area contributed by atoms with E-state index in [-0.39, 0.29) is 11.7 Å². The number of ether oxygens (including phenoxy) is 1. The Labute approximate surface area is 108 Å². The molecule has 0 saturated heterocycles. The molecule has 0 aliphatic rings. The first-order valence-electron chi connectivity index (χ1n) is 5.53. The number of nitrogens with one attached hydrogen (secondary N) is 1. The van der Waals surface area contributed by atoms with Gasteiger partial charge in [-0.05, 0) is 38.1 Å². The molecule has 0 radical (unpaired) electrons. The highest BCUT2D eigenvalue weighted by molar-refractivity contribution is 5.93. The van der Waals surface area contributed by atoms with Crippen molar-refractivity contribution < 1.29 is 27.5 Å². The first-order valence-corrected chi connectivity index (χ1v) is 5.53. The molecule has 0 heterocycles. The van der Waals surface area contributed by atoms with Gasteiger partial charge in [0.2, 0.25) is 0 Å². The molecule has 1 amide bonds. The van der Waals surface area contributed by atoms with E-state index in [1.807, 2.05) is 13.8 Å². The van der Waals surface area contributed by atoms with E-state index in [2.05, 4.69) is 4.84 Å². The Bertz CT molecular complexity index is 415. The minimum atomic E-state index is -4.48. The van der Waals surface area contributed by atoms with Gasteiger partial charge in [-0.2, -0.15) is 13.2 Å². The summed E-state index contributed by atoms with van der Waals surface area (Å²) in [5.74, 6) is -0.178. The van der Waals surface area contributed by atoms with Crippen LogP contribution in [0, 0.1) is 0 Å². The molecule has 1 rings (SSSR count). The average Bonchev–Trinajstić information content (AvgIpc) is 2.27. The number of rotatable bonds is 5. The summed E-state index contributed by atoms with van der Waals surface area (Å²) < 4.78 is 40.7. The standard InChI is InChI=1S/C12H14F3NO3/c1-8(2)19-10-5-3-9(4-6-10)11(17)16-18-7-12(13,14)15/h3-6,8H,7H2,1-2H3,(H,16,17). The number of carbonyl (C=O) groups excluding carboxylic acids is 1. The van der Waals surface area contributed by atoms with Crippen molar-refractivity contribution in [3.05, 3.63) is 29.8 Å². The Morgan fingerprint density at radius 3 is 2.32 bits per heavy atom. The maximum Gasteiger partial charge on any atom is 0.414 e. The lowest BCUT2D eigenvalue weighted by atomic mass is 10.2. The molecular weight excluding hydrogens is 263 g/mol.